The second-order valence-corrected chi connectivity index (χ2v) is 3.78. The highest BCUT2D eigenvalue weighted by molar-refractivity contribution is 5.24. The zero-order valence-electron chi connectivity index (χ0n) is 8.24. The molecule has 0 aromatic heterocycles. The van der Waals surface area contributed by atoms with Gasteiger partial charge in [0.1, 0.15) is 0 Å². The summed E-state index contributed by atoms with van der Waals surface area (Å²) in [6.45, 7) is 3.53. The molecule has 14 heavy (non-hydrogen) atoms. The van der Waals surface area contributed by atoms with Crippen LogP contribution in [-0.2, 0) is 13.0 Å². The molecular weight excluding hydrogens is 172 g/mol. The summed E-state index contributed by atoms with van der Waals surface area (Å²) < 4.78 is 0. The fourth-order valence-corrected chi connectivity index (χ4v) is 1.65. The molecule has 1 heterocycles. The minimum absolute atomic E-state index is 0.518. The van der Waals surface area contributed by atoms with Crippen LogP contribution in [-0.4, -0.2) is 18.0 Å². The van der Waals surface area contributed by atoms with Crippen LogP contribution in [0, 0.1) is 11.3 Å². The molecule has 2 heteroatoms. The molecule has 1 fully saturated rings. The molecule has 2 rings (SSSR count). The number of benzene rings is 1. The zero-order valence-corrected chi connectivity index (χ0v) is 8.24. The van der Waals surface area contributed by atoms with Gasteiger partial charge in [-0.05, 0) is 30.6 Å². The van der Waals surface area contributed by atoms with Crippen molar-refractivity contribution in [3.8, 4) is 6.07 Å². The SMILES string of the molecule is N#CCc1ccc(CN2CCC2)cc1. The van der Waals surface area contributed by atoms with Crippen molar-refractivity contribution in [1.82, 2.24) is 4.90 Å². The maximum atomic E-state index is 8.52. The maximum absolute atomic E-state index is 8.52. The summed E-state index contributed by atoms with van der Waals surface area (Å²) in [5.41, 5.74) is 2.46. The van der Waals surface area contributed by atoms with Gasteiger partial charge < -0.3 is 0 Å². The normalized spacial score (nSPS) is 15.9. The highest BCUT2D eigenvalue weighted by Crippen LogP contribution is 2.12. The van der Waals surface area contributed by atoms with Gasteiger partial charge in [-0.25, -0.2) is 0 Å². The molecule has 72 valence electrons. The van der Waals surface area contributed by atoms with Gasteiger partial charge in [0.25, 0.3) is 0 Å². The number of nitrogens with zero attached hydrogens (tertiary/aromatic N) is 2. The van der Waals surface area contributed by atoms with Crippen molar-refractivity contribution in [3.63, 3.8) is 0 Å². The molecule has 0 atom stereocenters. The lowest BCUT2D eigenvalue weighted by molar-refractivity contribution is 0.172. The number of hydrogen-bond donors (Lipinski definition) is 0. The lowest BCUT2D eigenvalue weighted by Crippen LogP contribution is -2.36. The van der Waals surface area contributed by atoms with E-state index >= 15 is 0 Å². The predicted octanol–water partition coefficient (Wildman–Crippen LogP) is 1.96. The summed E-state index contributed by atoms with van der Waals surface area (Å²) in [5, 5.41) is 8.52. The molecule has 1 aliphatic heterocycles. The molecule has 1 aromatic carbocycles. The van der Waals surface area contributed by atoms with Gasteiger partial charge in [-0.15, -0.1) is 0 Å². The minimum Gasteiger partial charge on any atom is -0.299 e. The van der Waals surface area contributed by atoms with E-state index in [4.69, 9.17) is 5.26 Å². The summed E-state index contributed by atoms with van der Waals surface area (Å²) >= 11 is 0. The Kier molecular flexibility index (Phi) is 2.81. The second kappa shape index (κ2) is 4.26. The summed E-state index contributed by atoms with van der Waals surface area (Å²) in [5.74, 6) is 0. The van der Waals surface area contributed by atoms with Crippen LogP contribution < -0.4 is 0 Å². The molecule has 0 aliphatic carbocycles. The van der Waals surface area contributed by atoms with E-state index < -0.39 is 0 Å². The lowest BCUT2D eigenvalue weighted by atomic mass is 10.1. The average Bonchev–Trinajstić information content (AvgIpc) is 2.14. The van der Waals surface area contributed by atoms with E-state index in [0.29, 0.717) is 6.42 Å². The molecule has 0 spiro atoms. The standard InChI is InChI=1S/C12H14N2/c13-7-6-11-2-4-12(5-3-11)10-14-8-1-9-14/h2-5H,1,6,8-10H2. The Morgan fingerprint density at radius 1 is 1.14 bits per heavy atom. The molecule has 1 aliphatic rings. The molecule has 0 unspecified atom stereocenters. The second-order valence-electron chi connectivity index (χ2n) is 3.78. The van der Waals surface area contributed by atoms with Gasteiger partial charge in [-0.3, -0.25) is 4.90 Å². The Morgan fingerprint density at radius 3 is 2.29 bits per heavy atom. The number of rotatable bonds is 3. The van der Waals surface area contributed by atoms with Crippen molar-refractivity contribution in [1.29, 1.82) is 5.26 Å². The van der Waals surface area contributed by atoms with Crippen LogP contribution in [0.2, 0.25) is 0 Å². The molecule has 2 nitrogen and oxygen atoms in total. The minimum atomic E-state index is 0.518. The number of likely N-dealkylation sites (tertiary alicyclic amines) is 1. The van der Waals surface area contributed by atoms with Crippen LogP contribution >= 0.6 is 0 Å². The van der Waals surface area contributed by atoms with Crippen LogP contribution in [0.3, 0.4) is 0 Å². The Hall–Kier alpha value is -1.33. The fourth-order valence-electron chi connectivity index (χ4n) is 1.65. The summed E-state index contributed by atoms with van der Waals surface area (Å²) in [6.07, 6.45) is 1.86. The van der Waals surface area contributed by atoms with E-state index in [2.05, 4.69) is 35.2 Å². The van der Waals surface area contributed by atoms with Gasteiger partial charge in [-0.2, -0.15) is 5.26 Å². The maximum Gasteiger partial charge on any atom is 0.0669 e. The molecule has 1 saturated heterocycles. The van der Waals surface area contributed by atoms with Gasteiger partial charge in [0.05, 0.1) is 12.5 Å². The third-order valence-corrected chi connectivity index (χ3v) is 2.66. The quantitative estimate of drug-likeness (QED) is 0.721. The van der Waals surface area contributed by atoms with Crippen LogP contribution in [0.5, 0.6) is 0 Å². The van der Waals surface area contributed by atoms with Crippen molar-refractivity contribution in [3.05, 3.63) is 35.4 Å². The molecule has 0 N–H and O–H groups in total. The first-order valence-electron chi connectivity index (χ1n) is 5.05. The van der Waals surface area contributed by atoms with E-state index in [1.807, 2.05) is 0 Å². The molecule has 0 amide bonds. The first kappa shape index (κ1) is 9.23. The molecule has 0 bridgehead atoms. The third kappa shape index (κ3) is 2.12. The van der Waals surface area contributed by atoms with E-state index in [1.165, 1.54) is 25.1 Å². The highest BCUT2D eigenvalue weighted by atomic mass is 15.2. The Bertz CT molecular complexity index is 330. The van der Waals surface area contributed by atoms with Crippen molar-refractivity contribution < 1.29 is 0 Å². The van der Waals surface area contributed by atoms with Gasteiger partial charge in [0.15, 0.2) is 0 Å². The topological polar surface area (TPSA) is 27.0 Å². The Balaban J connectivity index is 1.95. The first-order chi connectivity index (χ1) is 6.88. The summed E-state index contributed by atoms with van der Waals surface area (Å²) in [7, 11) is 0. The van der Waals surface area contributed by atoms with Gasteiger partial charge >= 0.3 is 0 Å². The van der Waals surface area contributed by atoms with E-state index in [1.54, 1.807) is 0 Å². The smallest absolute Gasteiger partial charge is 0.0669 e. The molecule has 1 aromatic rings. The van der Waals surface area contributed by atoms with Crippen LogP contribution in [0.25, 0.3) is 0 Å². The Morgan fingerprint density at radius 2 is 1.79 bits per heavy atom. The lowest BCUT2D eigenvalue weighted by Gasteiger charge is -2.30. The molecular formula is C12H14N2. The summed E-state index contributed by atoms with van der Waals surface area (Å²) in [4.78, 5) is 2.43. The van der Waals surface area contributed by atoms with E-state index in [9.17, 15) is 0 Å². The average molecular weight is 186 g/mol. The van der Waals surface area contributed by atoms with Crippen molar-refractivity contribution >= 4 is 0 Å². The van der Waals surface area contributed by atoms with E-state index in [0.717, 1.165) is 12.1 Å². The van der Waals surface area contributed by atoms with Crippen molar-refractivity contribution in [2.75, 3.05) is 13.1 Å². The largest absolute Gasteiger partial charge is 0.299 e. The highest BCUT2D eigenvalue weighted by Gasteiger charge is 2.13. The predicted molar refractivity (Wildman–Crippen MR) is 55.7 cm³/mol. The first-order valence-corrected chi connectivity index (χ1v) is 5.05. The van der Waals surface area contributed by atoms with Gasteiger partial charge in [0.2, 0.25) is 0 Å². The van der Waals surface area contributed by atoms with Gasteiger partial charge in [-0.1, -0.05) is 24.3 Å². The number of hydrogen-bond acceptors (Lipinski definition) is 2. The summed E-state index contributed by atoms with van der Waals surface area (Å²) in [6, 6.07) is 10.5. The monoisotopic (exact) mass is 186 g/mol. The van der Waals surface area contributed by atoms with Gasteiger partial charge in [0, 0.05) is 6.54 Å². The van der Waals surface area contributed by atoms with E-state index in [-0.39, 0.29) is 0 Å². The molecule has 0 saturated carbocycles. The zero-order chi connectivity index (χ0) is 9.80. The van der Waals surface area contributed by atoms with Crippen LogP contribution in [0.4, 0.5) is 0 Å². The van der Waals surface area contributed by atoms with Crippen LogP contribution in [0.15, 0.2) is 24.3 Å². The third-order valence-electron chi connectivity index (χ3n) is 2.66. The van der Waals surface area contributed by atoms with Crippen LogP contribution in [0.1, 0.15) is 17.5 Å². The molecule has 0 radical (unpaired) electrons. The number of nitriles is 1. The van der Waals surface area contributed by atoms with Crippen molar-refractivity contribution in [2.45, 2.75) is 19.4 Å². The Labute approximate surface area is 84.8 Å². The van der Waals surface area contributed by atoms with Crippen molar-refractivity contribution in [2.24, 2.45) is 0 Å². The fraction of sp³-hybridized carbons (Fsp3) is 0.417.